The molecule has 23 heavy (non-hydrogen) atoms. The number of ether oxygens (including phenoxy) is 1. The first-order valence-corrected chi connectivity index (χ1v) is 8.28. The molecule has 2 atom stereocenters. The summed E-state index contributed by atoms with van der Waals surface area (Å²) in [4.78, 5) is 17.7. The molecule has 0 heterocycles. The van der Waals surface area contributed by atoms with E-state index in [1.807, 2.05) is 0 Å². The standard InChI is InChI=1S/C16H32N4O2.HI/c1-13-8-5-6-9-14(13)19-16(17-10-7-11-22-4)18-12-15(21)20(2)3;/h13-14H,5-12H2,1-4H3,(H2,17,18,19);1H. The minimum atomic E-state index is 0. The summed E-state index contributed by atoms with van der Waals surface area (Å²) in [5, 5.41) is 6.81. The highest BCUT2D eigenvalue weighted by atomic mass is 127. The summed E-state index contributed by atoms with van der Waals surface area (Å²) in [6.07, 6.45) is 5.91. The molecule has 0 radical (unpaired) electrons. The van der Waals surface area contributed by atoms with Crippen molar-refractivity contribution >= 4 is 35.8 Å². The lowest BCUT2D eigenvalue weighted by molar-refractivity contribution is -0.127. The minimum absolute atomic E-state index is 0. The average molecular weight is 440 g/mol. The van der Waals surface area contributed by atoms with Gasteiger partial charge in [0, 0.05) is 40.4 Å². The molecule has 0 spiro atoms. The van der Waals surface area contributed by atoms with Crippen LogP contribution in [0.15, 0.2) is 4.99 Å². The number of guanidine groups is 1. The van der Waals surface area contributed by atoms with Crippen molar-refractivity contribution in [2.24, 2.45) is 10.9 Å². The number of aliphatic imine (C=N–C) groups is 1. The van der Waals surface area contributed by atoms with Crippen LogP contribution in [0.5, 0.6) is 0 Å². The molecule has 1 amide bonds. The summed E-state index contributed by atoms with van der Waals surface area (Å²) < 4.78 is 5.06. The summed E-state index contributed by atoms with van der Waals surface area (Å²) in [7, 11) is 5.20. The lowest BCUT2D eigenvalue weighted by Gasteiger charge is -2.31. The highest BCUT2D eigenvalue weighted by Gasteiger charge is 2.22. The van der Waals surface area contributed by atoms with Crippen LogP contribution in [-0.4, -0.2) is 63.7 Å². The molecule has 2 N–H and O–H groups in total. The van der Waals surface area contributed by atoms with Gasteiger partial charge in [-0.25, -0.2) is 4.99 Å². The van der Waals surface area contributed by atoms with Crippen LogP contribution in [0.4, 0.5) is 0 Å². The molecular formula is C16H33IN4O2. The molecule has 1 aliphatic rings. The maximum absolute atomic E-state index is 11.7. The van der Waals surface area contributed by atoms with Gasteiger partial charge in [-0.05, 0) is 25.2 Å². The average Bonchev–Trinajstić information content (AvgIpc) is 2.50. The van der Waals surface area contributed by atoms with Gasteiger partial charge in [0.2, 0.25) is 5.91 Å². The Balaban J connectivity index is 0.00000484. The van der Waals surface area contributed by atoms with Gasteiger partial charge in [-0.15, -0.1) is 24.0 Å². The fourth-order valence-corrected chi connectivity index (χ4v) is 2.57. The van der Waals surface area contributed by atoms with Crippen molar-refractivity contribution in [1.29, 1.82) is 0 Å². The Morgan fingerprint density at radius 3 is 2.61 bits per heavy atom. The van der Waals surface area contributed by atoms with Gasteiger partial charge in [-0.2, -0.15) is 0 Å². The monoisotopic (exact) mass is 440 g/mol. The van der Waals surface area contributed by atoms with Gasteiger partial charge in [0.25, 0.3) is 0 Å². The molecule has 0 aromatic heterocycles. The smallest absolute Gasteiger partial charge is 0.243 e. The molecule has 0 saturated heterocycles. The predicted molar refractivity (Wildman–Crippen MR) is 105 cm³/mol. The van der Waals surface area contributed by atoms with Crippen LogP contribution in [0, 0.1) is 5.92 Å². The fraction of sp³-hybridized carbons (Fsp3) is 0.875. The van der Waals surface area contributed by atoms with Gasteiger partial charge in [-0.3, -0.25) is 4.79 Å². The number of methoxy groups -OCH3 is 1. The number of nitrogens with one attached hydrogen (secondary N) is 2. The highest BCUT2D eigenvalue weighted by Crippen LogP contribution is 2.23. The molecule has 7 heteroatoms. The molecule has 0 aliphatic heterocycles. The second kappa shape index (κ2) is 12.8. The third-order valence-electron chi connectivity index (χ3n) is 4.12. The van der Waals surface area contributed by atoms with Crippen LogP contribution in [0.1, 0.15) is 39.0 Å². The van der Waals surface area contributed by atoms with Crippen LogP contribution in [0.3, 0.4) is 0 Å². The maximum atomic E-state index is 11.7. The topological polar surface area (TPSA) is 66.0 Å². The Morgan fingerprint density at radius 1 is 1.30 bits per heavy atom. The summed E-state index contributed by atoms with van der Waals surface area (Å²) in [6.45, 7) is 3.96. The molecular weight excluding hydrogens is 407 g/mol. The van der Waals surface area contributed by atoms with Crippen molar-refractivity contribution < 1.29 is 9.53 Å². The van der Waals surface area contributed by atoms with Gasteiger partial charge < -0.3 is 20.3 Å². The molecule has 0 bridgehead atoms. The van der Waals surface area contributed by atoms with Crippen LogP contribution >= 0.6 is 24.0 Å². The van der Waals surface area contributed by atoms with E-state index < -0.39 is 0 Å². The Labute approximate surface area is 157 Å². The quantitative estimate of drug-likeness (QED) is 0.275. The van der Waals surface area contributed by atoms with Crippen LogP contribution in [-0.2, 0) is 9.53 Å². The first-order valence-electron chi connectivity index (χ1n) is 8.28. The predicted octanol–water partition coefficient (Wildman–Crippen LogP) is 1.84. The number of rotatable bonds is 7. The number of nitrogens with zero attached hydrogens (tertiary/aromatic N) is 2. The van der Waals surface area contributed by atoms with Gasteiger partial charge >= 0.3 is 0 Å². The van der Waals surface area contributed by atoms with Gasteiger partial charge in [-0.1, -0.05) is 19.8 Å². The van der Waals surface area contributed by atoms with E-state index in [-0.39, 0.29) is 36.4 Å². The number of hydrogen-bond donors (Lipinski definition) is 2. The summed E-state index contributed by atoms with van der Waals surface area (Å²) in [5.74, 6) is 1.39. The lowest BCUT2D eigenvalue weighted by atomic mass is 9.86. The first kappa shape index (κ1) is 22.4. The third kappa shape index (κ3) is 9.34. The molecule has 6 nitrogen and oxygen atoms in total. The first-order chi connectivity index (χ1) is 10.5. The van der Waals surface area contributed by atoms with Crippen LogP contribution in [0.25, 0.3) is 0 Å². The largest absolute Gasteiger partial charge is 0.385 e. The second-order valence-corrected chi connectivity index (χ2v) is 6.24. The molecule has 1 fully saturated rings. The number of amides is 1. The molecule has 136 valence electrons. The Kier molecular flexibility index (Phi) is 12.5. The zero-order valence-electron chi connectivity index (χ0n) is 14.9. The van der Waals surface area contributed by atoms with E-state index in [2.05, 4.69) is 22.5 Å². The van der Waals surface area contributed by atoms with E-state index in [1.165, 1.54) is 25.7 Å². The zero-order valence-corrected chi connectivity index (χ0v) is 17.3. The number of carbonyl (C=O) groups is 1. The van der Waals surface area contributed by atoms with Gasteiger partial charge in [0.05, 0.1) is 0 Å². The molecule has 1 aliphatic carbocycles. The van der Waals surface area contributed by atoms with E-state index in [0.717, 1.165) is 25.5 Å². The molecule has 0 aromatic rings. The summed E-state index contributed by atoms with van der Waals surface area (Å²) in [5.41, 5.74) is 0. The van der Waals surface area contributed by atoms with E-state index in [9.17, 15) is 4.79 Å². The van der Waals surface area contributed by atoms with E-state index in [1.54, 1.807) is 26.1 Å². The number of carbonyl (C=O) groups excluding carboxylic acids is 1. The summed E-state index contributed by atoms with van der Waals surface area (Å²) in [6, 6.07) is 0.442. The maximum Gasteiger partial charge on any atom is 0.243 e. The van der Waals surface area contributed by atoms with Crippen molar-refractivity contribution in [3.05, 3.63) is 0 Å². The Morgan fingerprint density at radius 2 is 2.00 bits per heavy atom. The molecule has 1 saturated carbocycles. The highest BCUT2D eigenvalue weighted by molar-refractivity contribution is 14.0. The summed E-state index contributed by atoms with van der Waals surface area (Å²) >= 11 is 0. The van der Waals surface area contributed by atoms with Crippen molar-refractivity contribution in [3.63, 3.8) is 0 Å². The molecule has 1 rings (SSSR count). The van der Waals surface area contributed by atoms with E-state index in [4.69, 9.17) is 4.74 Å². The van der Waals surface area contributed by atoms with Crippen molar-refractivity contribution in [3.8, 4) is 0 Å². The number of likely N-dealkylation sites (N-methyl/N-ethyl adjacent to an activating group) is 1. The number of hydrogen-bond acceptors (Lipinski definition) is 3. The molecule has 2 unspecified atom stereocenters. The molecule has 0 aromatic carbocycles. The SMILES string of the molecule is COCCCNC(=NCC(=O)N(C)C)NC1CCCCC1C.I. The van der Waals surface area contributed by atoms with E-state index in [0.29, 0.717) is 12.0 Å². The van der Waals surface area contributed by atoms with Gasteiger partial charge in [0.15, 0.2) is 5.96 Å². The van der Waals surface area contributed by atoms with Crippen molar-refractivity contribution in [1.82, 2.24) is 15.5 Å². The number of halogens is 1. The van der Waals surface area contributed by atoms with Crippen LogP contribution < -0.4 is 10.6 Å². The van der Waals surface area contributed by atoms with Crippen molar-refractivity contribution in [2.45, 2.75) is 45.1 Å². The normalized spacial score (nSPS) is 21.3. The zero-order chi connectivity index (χ0) is 16.4. The lowest BCUT2D eigenvalue weighted by Crippen LogP contribution is -2.48. The second-order valence-electron chi connectivity index (χ2n) is 6.24. The van der Waals surface area contributed by atoms with Crippen LogP contribution in [0.2, 0.25) is 0 Å². The minimum Gasteiger partial charge on any atom is -0.385 e. The Hall–Kier alpha value is -0.570. The third-order valence-corrected chi connectivity index (χ3v) is 4.12. The van der Waals surface area contributed by atoms with Crippen molar-refractivity contribution in [2.75, 3.05) is 40.9 Å². The Bertz CT molecular complexity index is 364. The van der Waals surface area contributed by atoms with Gasteiger partial charge in [0.1, 0.15) is 6.54 Å². The fourth-order valence-electron chi connectivity index (χ4n) is 2.57. The van der Waals surface area contributed by atoms with E-state index >= 15 is 0 Å².